The molecule has 0 fully saturated rings. The molecule has 0 saturated carbocycles. The zero-order valence-corrected chi connectivity index (χ0v) is 21.8. The Labute approximate surface area is 225 Å². The Balaban J connectivity index is 1.68. The van der Waals surface area contributed by atoms with Crippen LogP contribution in [0, 0.1) is 23.3 Å². The number of benzene rings is 3. The summed E-state index contributed by atoms with van der Waals surface area (Å²) in [6.45, 7) is 0. The number of hydrogen-bond donors (Lipinski definition) is 0. The van der Waals surface area contributed by atoms with Crippen molar-refractivity contribution in [2.24, 2.45) is 0 Å². The summed E-state index contributed by atoms with van der Waals surface area (Å²) in [5, 5.41) is 1.02. The molecule has 1 aromatic heterocycles. The monoisotopic (exact) mass is 566 g/mol. The van der Waals surface area contributed by atoms with Crippen LogP contribution in [0.3, 0.4) is 0 Å². The highest BCUT2D eigenvalue weighted by molar-refractivity contribution is 7.98. The Morgan fingerprint density at radius 1 is 0.973 bits per heavy atom. The van der Waals surface area contributed by atoms with Gasteiger partial charge in [0.15, 0.2) is 16.8 Å². The lowest BCUT2D eigenvalue weighted by molar-refractivity contribution is 0.414. The first kappa shape index (κ1) is 25.9. The van der Waals surface area contributed by atoms with E-state index in [1.807, 2.05) is 12.1 Å². The third-order valence-corrected chi connectivity index (χ3v) is 8.04. The number of hydrogen-bond acceptors (Lipinski definition) is 3. The first-order valence-corrected chi connectivity index (χ1v) is 13.2. The molecule has 0 aliphatic heterocycles. The van der Waals surface area contributed by atoms with Crippen molar-refractivity contribution in [1.82, 2.24) is 9.55 Å². The Morgan fingerprint density at radius 2 is 1.76 bits per heavy atom. The zero-order valence-electron chi connectivity index (χ0n) is 19.5. The van der Waals surface area contributed by atoms with Crippen molar-refractivity contribution >= 4 is 35.0 Å². The molecule has 10 heteroatoms. The molecule has 0 amide bonds. The molecule has 37 heavy (non-hydrogen) atoms. The van der Waals surface area contributed by atoms with Gasteiger partial charge in [-0.25, -0.2) is 22.5 Å². The average molecular weight is 567 g/mol. The van der Waals surface area contributed by atoms with Crippen LogP contribution >= 0.6 is 35.0 Å². The van der Waals surface area contributed by atoms with Gasteiger partial charge in [0, 0.05) is 34.4 Å². The highest BCUT2D eigenvalue weighted by Crippen LogP contribution is 2.43. The van der Waals surface area contributed by atoms with Crippen molar-refractivity contribution in [1.29, 1.82) is 0 Å². The largest absolute Gasteiger partial charge is 0.495 e. The quantitative estimate of drug-likeness (QED) is 0.133. The molecule has 0 N–H and O–H groups in total. The minimum atomic E-state index is -1.29. The van der Waals surface area contributed by atoms with Gasteiger partial charge in [0.1, 0.15) is 17.4 Å². The third kappa shape index (κ3) is 4.94. The Kier molecular flexibility index (Phi) is 7.43. The van der Waals surface area contributed by atoms with E-state index in [-0.39, 0.29) is 27.9 Å². The lowest BCUT2D eigenvalue weighted by atomic mass is 9.84. The molecule has 0 radical (unpaired) electrons. The fraction of sp³-hybridized carbons (Fsp3) is 0.222. The third-order valence-electron chi connectivity index (χ3n) is 6.41. The zero-order chi connectivity index (χ0) is 26.3. The lowest BCUT2D eigenvalue weighted by Gasteiger charge is -2.26. The van der Waals surface area contributed by atoms with Gasteiger partial charge in [-0.2, -0.15) is 0 Å². The van der Waals surface area contributed by atoms with Gasteiger partial charge in [0.25, 0.3) is 0 Å². The van der Waals surface area contributed by atoms with E-state index < -0.39 is 23.3 Å². The van der Waals surface area contributed by atoms with Crippen molar-refractivity contribution in [2.75, 3.05) is 7.11 Å². The van der Waals surface area contributed by atoms with Gasteiger partial charge in [-0.05, 0) is 49.1 Å². The SMILES string of the molecule is COc1cc(C2CCCc3nc(SCc4c(F)cccc4Cl)n(-c4cc(F)c(F)cc4F)c32)ccc1Cl. The second-order valence-electron chi connectivity index (χ2n) is 8.61. The van der Waals surface area contributed by atoms with Crippen LogP contribution in [0.2, 0.25) is 10.0 Å². The summed E-state index contributed by atoms with van der Waals surface area (Å²) in [7, 11) is 1.51. The number of nitrogens with zero attached hydrogens (tertiary/aromatic N) is 2. The van der Waals surface area contributed by atoms with Crippen LogP contribution in [0.15, 0.2) is 53.7 Å². The van der Waals surface area contributed by atoms with E-state index in [0.717, 1.165) is 29.8 Å². The Hall–Kier alpha value is -2.68. The van der Waals surface area contributed by atoms with E-state index in [1.165, 1.54) is 23.8 Å². The number of ether oxygens (including phenoxy) is 1. The van der Waals surface area contributed by atoms with Crippen LogP contribution < -0.4 is 4.74 Å². The van der Waals surface area contributed by atoms with E-state index in [1.54, 1.807) is 12.1 Å². The highest BCUT2D eigenvalue weighted by Gasteiger charge is 2.32. The molecule has 3 nitrogen and oxygen atoms in total. The van der Waals surface area contributed by atoms with Crippen molar-refractivity contribution in [2.45, 2.75) is 36.1 Å². The number of thioether (sulfide) groups is 1. The maximum Gasteiger partial charge on any atom is 0.173 e. The molecule has 1 atom stereocenters. The molecule has 1 aliphatic rings. The minimum absolute atomic E-state index is 0.103. The molecule has 1 unspecified atom stereocenters. The fourth-order valence-corrected chi connectivity index (χ4v) is 6.21. The van der Waals surface area contributed by atoms with Crippen LogP contribution in [0.4, 0.5) is 17.6 Å². The maximum absolute atomic E-state index is 15.2. The Morgan fingerprint density at radius 3 is 2.51 bits per heavy atom. The number of methoxy groups -OCH3 is 1. The summed E-state index contributed by atoms with van der Waals surface area (Å²) in [6, 6.07) is 11.1. The van der Waals surface area contributed by atoms with Gasteiger partial charge in [0.2, 0.25) is 0 Å². The second kappa shape index (κ2) is 10.6. The van der Waals surface area contributed by atoms with Crippen LogP contribution in [-0.2, 0) is 12.2 Å². The average Bonchev–Trinajstić information content (AvgIpc) is 3.24. The first-order valence-electron chi connectivity index (χ1n) is 11.4. The smallest absolute Gasteiger partial charge is 0.173 e. The molecular weight excluding hydrogens is 547 g/mol. The molecule has 0 saturated heterocycles. The summed E-state index contributed by atoms with van der Waals surface area (Å²) in [4.78, 5) is 4.75. The Bertz CT molecular complexity index is 1470. The van der Waals surface area contributed by atoms with Crippen molar-refractivity contribution in [3.05, 3.63) is 104 Å². The summed E-state index contributed by atoms with van der Waals surface area (Å²) in [5.74, 6) is -3.56. The van der Waals surface area contributed by atoms with Gasteiger partial charge in [-0.15, -0.1) is 0 Å². The normalized spacial score (nSPS) is 15.1. The number of aromatic nitrogens is 2. The predicted molar refractivity (Wildman–Crippen MR) is 137 cm³/mol. The van der Waals surface area contributed by atoms with Gasteiger partial charge >= 0.3 is 0 Å². The van der Waals surface area contributed by atoms with Crippen LogP contribution in [-0.4, -0.2) is 16.7 Å². The summed E-state index contributed by atoms with van der Waals surface area (Å²) >= 11 is 13.6. The molecular formula is C27H20Cl2F4N2OS. The minimum Gasteiger partial charge on any atom is -0.495 e. The van der Waals surface area contributed by atoms with Crippen LogP contribution in [0.5, 0.6) is 5.75 Å². The molecule has 0 spiro atoms. The van der Waals surface area contributed by atoms with E-state index >= 15 is 4.39 Å². The summed E-state index contributed by atoms with van der Waals surface area (Å²) < 4.78 is 64.7. The number of halogens is 6. The first-order chi connectivity index (χ1) is 17.8. The highest BCUT2D eigenvalue weighted by atomic mass is 35.5. The van der Waals surface area contributed by atoms with E-state index in [4.69, 9.17) is 32.9 Å². The summed E-state index contributed by atoms with van der Waals surface area (Å²) in [6.07, 6.45) is 2.13. The lowest BCUT2D eigenvalue weighted by Crippen LogP contribution is -2.16. The van der Waals surface area contributed by atoms with E-state index in [0.29, 0.717) is 46.2 Å². The molecule has 4 aromatic rings. The summed E-state index contributed by atoms with van der Waals surface area (Å²) in [5.41, 5.74) is 2.31. The fourth-order valence-electron chi connectivity index (χ4n) is 4.64. The predicted octanol–water partition coefficient (Wildman–Crippen LogP) is 8.50. The molecule has 0 bridgehead atoms. The number of aryl methyl sites for hydroxylation is 1. The molecule has 192 valence electrons. The number of fused-ring (bicyclic) bond motifs is 1. The topological polar surface area (TPSA) is 27.1 Å². The van der Waals surface area contributed by atoms with Crippen molar-refractivity contribution in [3.63, 3.8) is 0 Å². The van der Waals surface area contributed by atoms with Crippen molar-refractivity contribution < 1.29 is 22.3 Å². The molecule has 1 heterocycles. The van der Waals surface area contributed by atoms with Crippen LogP contribution in [0.25, 0.3) is 5.69 Å². The molecule has 5 rings (SSSR count). The van der Waals surface area contributed by atoms with E-state index in [9.17, 15) is 13.2 Å². The molecule has 3 aromatic carbocycles. The standard InChI is InChI=1S/C27H20Cl2F4N2OS/c1-36-25-10-14(8-9-18(25)29)15-4-2-7-23-26(15)35(24-12-21(32)20(31)11-22(24)33)27(34-23)37-13-16-17(28)5-3-6-19(16)30/h3,5-6,8-12,15H,2,4,7,13H2,1H3. The molecule has 1 aliphatic carbocycles. The van der Waals surface area contributed by atoms with Gasteiger partial charge < -0.3 is 4.74 Å². The van der Waals surface area contributed by atoms with Crippen LogP contribution in [0.1, 0.15) is 41.3 Å². The van der Waals surface area contributed by atoms with Gasteiger partial charge in [0.05, 0.1) is 29.2 Å². The number of rotatable bonds is 6. The maximum atomic E-state index is 15.2. The van der Waals surface area contributed by atoms with Gasteiger partial charge in [-0.3, -0.25) is 4.57 Å². The second-order valence-corrected chi connectivity index (χ2v) is 10.4. The van der Waals surface area contributed by atoms with Gasteiger partial charge in [-0.1, -0.05) is 47.1 Å². The van der Waals surface area contributed by atoms with E-state index in [2.05, 4.69) is 0 Å². The number of imidazole rings is 1. The van der Waals surface area contributed by atoms with Crippen molar-refractivity contribution in [3.8, 4) is 11.4 Å².